The summed E-state index contributed by atoms with van der Waals surface area (Å²) < 4.78 is 13.4. The van der Waals surface area contributed by atoms with Crippen LogP contribution in [0, 0.1) is 5.92 Å². The molecule has 3 fully saturated rings. The van der Waals surface area contributed by atoms with Crippen molar-refractivity contribution in [1.82, 2.24) is 4.90 Å². The van der Waals surface area contributed by atoms with E-state index in [-0.39, 0.29) is 22.9 Å². The zero-order chi connectivity index (χ0) is 19.1. The van der Waals surface area contributed by atoms with E-state index in [9.17, 15) is 5.11 Å². The predicted octanol–water partition coefficient (Wildman–Crippen LogP) is 3.95. The van der Waals surface area contributed by atoms with Gasteiger partial charge in [-0.3, -0.25) is 4.90 Å². The van der Waals surface area contributed by atoms with Crippen LogP contribution in [-0.2, 0) is 16.6 Å². The number of ether oxygens (including phenoxy) is 2. The Hall–Kier alpha value is -1.52. The molecule has 1 spiro atoms. The van der Waals surface area contributed by atoms with Gasteiger partial charge in [-0.25, -0.2) is 0 Å². The third-order valence-corrected chi connectivity index (χ3v) is 8.24. The minimum Gasteiger partial charge on any atom is -0.504 e. The maximum atomic E-state index is 10.6. The van der Waals surface area contributed by atoms with Crippen molar-refractivity contribution in [2.24, 2.45) is 5.92 Å². The van der Waals surface area contributed by atoms with Gasteiger partial charge in [-0.15, -0.1) is 0 Å². The van der Waals surface area contributed by atoms with Crippen molar-refractivity contribution < 1.29 is 14.6 Å². The van der Waals surface area contributed by atoms with Gasteiger partial charge in [0, 0.05) is 24.8 Å². The summed E-state index contributed by atoms with van der Waals surface area (Å²) >= 11 is 0. The third kappa shape index (κ3) is 1.98. The molecule has 5 aliphatic rings. The van der Waals surface area contributed by atoms with Gasteiger partial charge in [-0.1, -0.05) is 19.6 Å². The van der Waals surface area contributed by atoms with Gasteiger partial charge < -0.3 is 14.6 Å². The molecule has 4 heteroatoms. The fourth-order valence-corrected chi connectivity index (χ4v) is 6.94. The number of phenols is 1. The molecule has 150 valence electrons. The Labute approximate surface area is 167 Å². The first-order valence-electron chi connectivity index (χ1n) is 11.2. The first-order valence-corrected chi connectivity index (χ1v) is 11.2. The second-order valence-corrected chi connectivity index (χ2v) is 9.72. The molecule has 4 nitrogen and oxygen atoms in total. The van der Waals surface area contributed by atoms with Gasteiger partial charge in [-0.2, -0.15) is 0 Å². The molecule has 0 aromatic heterocycles. The Bertz CT molecular complexity index is 846. The standard InChI is InChI=1S/C24H31NO3/c1-3-12-27-24-9-8-15(2)22-23(24)10-11-25(14-16-4-5-16)19(24)13-17-6-7-18(26)21(28-22)20(17)23/h6-7,16,19,22,26H,2-5,8-14H2,1H3/t19-,22?,23+,24-/m1/s1. The minimum absolute atomic E-state index is 0.0639. The van der Waals surface area contributed by atoms with E-state index in [1.807, 2.05) is 6.07 Å². The molecule has 1 N–H and O–H groups in total. The molecule has 1 aromatic rings. The summed E-state index contributed by atoms with van der Waals surface area (Å²) in [6.07, 6.45) is 7.74. The van der Waals surface area contributed by atoms with Crippen LogP contribution in [0.25, 0.3) is 0 Å². The predicted molar refractivity (Wildman–Crippen MR) is 108 cm³/mol. The summed E-state index contributed by atoms with van der Waals surface area (Å²) in [5.74, 6) is 1.87. The van der Waals surface area contributed by atoms with Crippen LogP contribution in [0.3, 0.4) is 0 Å². The number of likely N-dealkylation sites (tertiary alicyclic amines) is 1. The lowest BCUT2D eigenvalue weighted by atomic mass is 9.48. The zero-order valence-corrected chi connectivity index (χ0v) is 16.9. The molecule has 28 heavy (non-hydrogen) atoms. The van der Waals surface area contributed by atoms with Crippen LogP contribution in [-0.4, -0.2) is 47.4 Å². The van der Waals surface area contributed by atoms with Crippen LogP contribution in [0.2, 0.25) is 0 Å². The highest BCUT2D eigenvalue weighted by molar-refractivity contribution is 5.64. The molecule has 2 saturated carbocycles. The SMILES string of the molecule is C=C1CC[C@@]2(OCCC)[C@H]3Cc4ccc(O)c5c4[C@@]2(CCN3CC2CC2)C1O5. The Morgan fingerprint density at radius 1 is 1.32 bits per heavy atom. The number of nitrogens with zero attached hydrogens (tertiary/aromatic N) is 1. The molecule has 2 bridgehead atoms. The maximum Gasteiger partial charge on any atom is 0.166 e. The summed E-state index contributed by atoms with van der Waals surface area (Å²) in [6, 6.07) is 4.36. The van der Waals surface area contributed by atoms with Gasteiger partial charge >= 0.3 is 0 Å². The van der Waals surface area contributed by atoms with Crippen molar-refractivity contribution >= 4 is 0 Å². The monoisotopic (exact) mass is 381 g/mol. The Morgan fingerprint density at radius 3 is 2.96 bits per heavy atom. The lowest BCUT2D eigenvalue weighted by Gasteiger charge is -2.65. The van der Waals surface area contributed by atoms with E-state index in [1.165, 1.54) is 36.1 Å². The fraction of sp³-hybridized carbons (Fsp3) is 0.667. The largest absolute Gasteiger partial charge is 0.504 e. The van der Waals surface area contributed by atoms with E-state index in [0.717, 1.165) is 51.2 Å². The number of phenolic OH excluding ortho intramolecular Hbond substituents is 1. The summed E-state index contributed by atoms with van der Waals surface area (Å²) in [4.78, 5) is 2.75. The van der Waals surface area contributed by atoms with Gasteiger partial charge in [-0.05, 0) is 74.6 Å². The maximum absolute atomic E-state index is 10.6. The van der Waals surface area contributed by atoms with Gasteiger partial charge in [0.15, 0.2) is 11.5 Å². The van der Waals surface area contributed by atoms with Crippen molar-refractivity contribution in [1.29, 1.82) is 0 Å². The van der Waals surface area contributed by atoms with E-state index < -0.39 is 0 Å². The minimum atomic E-state index is -0.228. The number of hydrogen-bond acceptors (Lipinski definition) is 4. The van der Waals surface area contributed by atoms with Gasteiger partial charge in [0.05, 0.1) is 11.0 Å². The summed E-state index contributed by atoms with van der Waals surface area (Å²) in [6.45, 7) is 9.71. The summed E-state index contributed by atoms with van der Waals surface area (Å²) in [5.41, 5.74) is 3.36. The number of piperidine rings is 1. The van der Waals surface area contributed by atoms with E-state index in [2.05, 4.69) is 24.5 Å². The van der Waals surface area contributed by atoms with Crippen LogP contribution in [0.5, 0.6) is 11.5 Å². The number of aromatic hydroxyl groups is 1. The molecule has 1 saturated heterocycles. The molecule has 2 aliphatic heterocycles. The van der Waals surface area contributed by atoms with E-state index >= 15 is 0 Å². The average Bonchev–Trinajstić information content (AvgIpc) is 3.43. The topological polar surface area (TPSA) is 41.9 Å². The quantitative estimate of drug-likeness (QED) is 0.785. The highest BCUT2D eigenvalue weighted by Crippen LogP contribution is 2.67. The van der Waals surface area contributed by atoms with Crippen molar-refractivity contribution in [2.75, 3.05) is 19.7 Å². The number of rotatable bonds is 5. The van der Waals surface area contributed by atoms with Crippen LogP contribution in [0.15, 0.2) is 24.3 Å². The fourth-order valence-electron chi connectivity index (χ4n) is 6.94. The Morgan fingerprint density at radius 2 is 2.18 bits per heavy atom. The van der Waals surface area contributed by atoms with Crippen LogP contribution < -0.4 is 4.74 Å². The molecule has 3 aliphatic carbocycles. The first-order chi connectivity index (χ1) is 13.6. The summed E-state index contributed by atoms with van der Waals surface area (Å²) in [5, 5.41) is 10.6. The number of benzene rings is 1. The molecule has 0 radical (unpaired) electrons. The molecule has 6 rings (SSSR count). The second-order valence-electron chi connectivity index (χ2n) is 9.72. The molecule has 4 atom stereocenters. The summed E-state index contributed by atoms with van der Waals surface area (Å²) in [7, 11) is 0. The van der Waals surface area contributed by atoms with Crippen molar-refractivity contribution in [3.63, 3.8) is 0 Å². The van der Waals surface area contributed by atoms with E-state index in [0.29, 0.717) is 11.8 Å². The molecule has 0 amide bonds. The lowest BCUT2D eigenvalue weighted by Crippen LogP contribution is -2.76. The first kappa shape index (κ1) is 17.3. The molecular formula is C24H31NO3. The highest BCUT2D eigenvalue weighted by atomic mass is 16.5. The van der Waals surface area contributed by atoms with E-state index in [1.54, 1.807) is 0 Å². The van der Waals surface area contributed by atoms with Crippen molar-refractivity contribution in [2.45, 2.75) is 75.0 Å². The normalized spacial score (nSPS) is 38.2. The van der Waals surface area contributed by atoms with Crippen molar-refractivity contribution in [3.8, 4) is 11.5 Å². The van der Waals surface area contributed by atoms with Crippen LogP contribution in [0.4, 0.5) is 0 Å². The van der Waals surface area contributed by atoms with E-state index in [4.69, 9.17) is 9.47 Å². The van der Waals surface area contributed by atoms with Crippen LogP contribution >= 0.6 is 0 Å². The van der Waals surface area contributed by atoms with Crippen LogP contribution in [0.1, 0.15) is 56.6 Å². The highest BCUT2D eigenvalue weighted by Gasteiger charge is 2.73. The average molecular weight is 382 g/mol. The zero-order valence-electron chi connectivity index (χ0n) is 16.9. The second kappa shape index (κ2) is 5.76. The molecule has 1 aromatic carbocycles. The smallest absolute Gasteiger partial charge is 0.166 e. The lowest BCUT2D eigenvalue weighted by molar-refractivity contribution is -0.206. The van der Waals surface area contributed by atoms with Crippen molar-refractivity contribution in [3.05, 3.63) is 35.4 Å². The molecule has 2 heterocycles. The van der Waals surface area contributed by atoms with Gasteiger partial charge in [0.25, 0.3) is 0 Å². The number of hydrogen-bond donors (Lipinski definition) is 1. The third-order valence-electron chi connectivity index (χ3n) is 8.24. The van der Waals surface area contributed by atoms with Gasteiger partial charge in [0.1, 0.15) is 6.10 Å². The van der Waals surface area contributed by atoms with Gasteiger partial charge in [0.2, 0.25) is 0 Å². The Balaban J connectivity index is 1.57. The molecular weight excluding hydrogens is 350 g/mol. The molecule has 1 unspecified atom stereocenters. The Kier molecular flexibility index (Phi) is 3.57.